The third kappa shape index (κ3) is 3.29. The summed E-state index contributed by atoms with van der Waals surface area (Å²) in [5, 5.41) is 26.6. The molecule has 28 heavy (non-hydrogen) atoms. The molecule has 0 saturated carbocycles. The topological polar surface area (TPSA) is 71.9 Å². The van der Waals surface area contributed by atoms with E-state index in [1.807, 2.05) is 26.0 Å². The number of pyridine rings is 2. The molecule has 4 aromatic rings. The van der Waals surface area contributed by atoms with Gasteiger partial charge in [-0.25, -0.2) is 0 Å². The summed E-state index contributed by atoms with van der Waals surface area (Å²) in [7, 11) is 0. The summed E-state index contributed by atoms with van der Waals surface area (Å²) in [6.07, 6.45) is 0. The van der Waals surface area contributed by atoms with Crippen molar-refractivity contribution in [1.82, 2.24) is 9.97 Å². The van der Waals surface area contributed by atoms with Crippen LogP contribution in [-0.2, 0) is 22.5 Å². The molecule has 4 rings (SSSR count). The van der Waals surface area contributed by atoms with Crippen LogP contribution in [0.15, 0.2) is 48.5 Å². The molecule has 0 aliphatic rings. The number of aromatic nitrogens is 2. The fraction of sp³-hybridized carbons (Fsp3) is 0.143. The molecule has 4 nitrogen and oxygen atoms in total. The number of halogens is 2. The number of fused-ring (bicyclic) bond motifs is 2. The van der Waals surface area contributed by atoms with Gasteiger partial charge in [0, 0.05) is 26.2 Å². The smallest absolute Gasteiger partial charge is 0.871 e. The number of rotatable bonds is 2. The Kier molecular flexibility index (Phi) is 5.48. The average Bonchev–Trinajstić information content (AvgIpc) is 2.67. The standard InChI is InChI=1S/C21H16Cl2N2O2.Cu/c1-21(2,17-9-3-11-13(22)5-7-15(26)19(11)24-17)18-10-4-12-14(23)6-8-16(27)20(12)25-18;/h3-10,26-27H,1-2H3;/q;+2/p-2. The summed E-state index contributed by atoms with van der Waals surface area (Å²) in [4.78, 5) is 9.13. The number of nitrogens with zero attached hydrogens (tertiary/aromatic N) is 2. The van der Waals surface area contributed by atoms with E-state index in [4.69, 9.17) is 23.2 Å². The number of hydrogen-bond donors (Lipinski definition) is 0. The molecule has 7 heteroatoms. The van der Waals surface area contributed by atoms with E-state index in [1.165, 1.54) is 12.1 Å². The van der Waals surface area contributed by atoms with Crippen LogP contribution in [0.4, 0.5) is 0 Å². The molecule has 0 atom stereocenters. The maximum absolute atomic E-state index is 12.2. The predicted octanol–water partition coefficient (Wildman–Crippen LogP) is 4.56. The minimum Gasteiger partial charge on any atom is -0.871 e. The van der Waals surface area contributed by atoms with Crippen LogP contribution in [-0.4, -0.2) is 9.97 Å². The normalized spacial score (nSPS) is 11.6. The van der Waals surface area contributed by atoms with Crippen LogP contribution in [0.25, 0.3) is 21.8 Å². The molecular formula is C21H14Cl2CuN2O2. The maximum Gasteiger partial charge on any atom is 2.00 e. The van der Waals surface area contributed by atoms with Crippen molar-refractivity contribution in [3.63, 3.8) is 0 Å². The summed E-state index contributed by atoms with van der Waals surface area (Å²) >= 11 is 12.3. The van der Waals surface area contributed by atoms with Gasteiger partial charge in [-0.1, -0.05) is 46.8 Å². The van der Waals surface area contributed by atoms with Crippen LogP contribution in [0.3, 0.4) is 0 Å². The van der Waals surface area contributed by atoms with Gasteiger partial charge in [-0.15, -0.1) is 0 Å². The Bertz CT molecular complexity index is 1120. The van der Waals surface area contributed by atoms with E-state index >= 15 is 0 Å². The van der Waals surface area contributed by atoms with Crippen LogP contribution < -0.4 is 10.2 Å². The van der Waals surface area contributed by atoms with Crippen LogP contribution in [0.1, 0.15) is 25.2 Å². The minimum absolute atomic E-state index is 0. The Hall–Kier alpha value is -2.04. The van der Waals surface area contributed by atoms with Gasteiger partial charge in [-0.2, -0.15) is 0 Å². The van der Waals surface area contributed by atoms with Gasteiger partial charge in [0.15, 0.2) is 0 Å². The molecule has 0 saturated heterocycles. The van der Waals surface area contributed by atoms with Crippen LogP contribution in [0.2, 0.25) is 10.0 Å². The molecule has 1 radical (unpaired) electrons. The van der Waals surface area contributed by atoms with Crippen molar-refractivity contribution in [3.05, 3.63) is 70.0 Å². The van der Waals surface area contributed by atoms with E-state index in [0.717, 1.165) is 0 Å². The molecule has 2 aromatic carbocycles. The fourth-order valence-corrected chi connectivity index (χ4v) is 3.57. The summed E-state index contributed by atoms with van der Waals surface area (Å²) < 4.78 is 0. The van der Waals surface area contributed by atoms with Crippen molar-refractivity contribution in [3.8, 4) is 11.5 Å². The summed E-state index contributed by atoms with van der Waals surface area (Å²) in [5.41, 5.74) is 1.33. The van der Waals surface area contributed by atoms with Crippen molar-refractivity contribution >= 4 is 45.0 Å². The third-order valence-electron chi connectivity index (χ3n) is 4.81. The summed E-state index contributed by atoms with van der Waals surface area (Å²) in [6, 6.07) is 13.2. The first-order valence-corrected chi connectivity index (χ1v) is 9.08. The Balaban J connectivity index is 0.00000225. The van der Waals surface area contributed by atoms with Gasteiger partial charge in [0.1, 0.15) is 0 Å². The fourth-order valence-electron chi connectivity index (χ4n) is 3.14. The van der Waals surface area contributed by atoms with Crippen molar-refractivity contribution in [2.24, 2.45) is 0 Å². The van der Waals surface area contributed by atoms with Gasteiger partial charge < -0.3 is 10.2 Å². The predicted molar refractivity (Wildman–Crippen MR) is 105 cm³/mol. The molecular weight excluding hydrogens is 447 g/mol. The first-order chi connectivity index (χ1) is 12.8. The molecule has 145 valence electrons. The second kappa shape index (κ2) is 7.41. The Morgan fingerprint density at radius 2 is 1.07 bits per heavy atom. The molecule has 0 bridgehead atoms. The Labute approximate surface area is 182 Å². The minimum atomic E-state index is -0.633. The van der Waals surface area contributed by atoms with E-state index in [1.54, 1.807) is 24.3 Å². The molecule has 0 aliphatic heterocycles. The third-order valence-corrected chi connectivity index (χ3v) is 5.47. The second-order valence-electron chi connectivity index (χ2n) is 6.90. The first kappa shape index (κ1) is 20.7. The monoisotopic (exact) mass is 459 g/mol. The molecule has 2 heterocycles. The number of hydrogen-bond acceptors (Lipinski definition) is 4. The van der Waals surface area contributed by atoms with Gasteiger partial charge in [0.05, 0.1) is 22.4 Å². The van der Waals surface area contributed by atoms with Crippen molar-refractivity contribution < 1.29 is 27.3 Å². The zero-order valence-corrected chi connectivity index (χ0v) is 17.3. The largest absolute Gasteiger partial charge is 2.00 e. The Morgan fingerprint density at radius 1 is 0.679 bits per heavy atom. The van der Waals surface area contributed by atoms with E-state index < -0.39 is 5.41 Å². The first-order valence-electron chi connectivity index (χ1n) is 8.32. The molecule has 0 aliphatic carbocycles. The quantitative estimate of drug-likeness (QED) is 0.411. The molecule has 0 amide bonds. The van der Waals surface area contributed by atoms with Gasteiger partial charge in [0.25, 0.3) is 0 Å². The van der Waals surface area contributed by atoms with Crippen molar-refractivity contribution in [2.45, 2.75) is 19.3 Å². The second-order valence-corrected chi connectivity index (χ2v) is 7.72. The number of benzene rings is 2. The van der Waals surface area contributed by atoms with Gasteiger partial charge in [0.2, 0.25) is 0 Å². The van der Waals surface area contributed by atoms with E-state index in [2.05, 4.69) is 9.97 Å². The Morgan fingerprint density at radius 3 is 1.46 bits per heavy atom. The van der Waals surface area contributed by atoms with Crippen molar-refractivity contribution in [2.75, 3.05) is 0 Å². The van der Waals surface area contributed by atoms with Gasteiger partial charge >= 0.3 is 17.1 Å². The molecule has 2 aromatic heterocycles. The maximum atomic E-state index is 12.2. The molecule has 0 unspecified atom stereocenters. The molecule has 0 fully saturated rings. The zero-order valence-electron chi connectivity index (χ0n) is 14.9. The summed E-state index contributed by atoms with van der Waals surface area (Å²) in [5.74, 6) is -0.376. The van der Waals surface area contributed by atoms with Gasteiger partial charge in [-0.05, 0) is 50.2 Å². The SMILES string of the molecule is CC(C)(c1ccc2c(Cl)ccc([O-])c2n1)c1ccc2c(Cl)ccc([O-])c2n1.[Cu+2]. The summed E-state index contributed by atoms with van der Waals surface area (Å²) in [6.45, 7) is 3.89. The average molecular weight is 461 g/mol. The van der Waals surface area contributed by atoms with Crippen molar-refractivity contribution in [1.29, 1.82) is 0 Å². The van der Waals surface area contributed by atoms with E-state index in [-0.39, 0.29) is 28.6 Å². The molecule has 0 N–H and O–H groups in total. The van der Waals surface area contributed by atoms with E-state index in [9.17, 15) is 10.2 Å². The van der Waals surface area contributed by atoms with Crippen LogP contribution in [0, 0.1) is 0 Å². The van der Waals surface area contributed by atoms with E-state index in [0.29, 0.717) is 43.2 Å². The van der Waals surface area contributed by atoms with Crippen LogP contribution in [0.5, 0.6) is 11.5 Å². The van der Waals surface area contributed by atoms with Crippen LogP contribution >= 0.6 is 23.2 Å². The zero-order chi connectivity index (χ0) is 19.3. The van der Waals surface area contributed by atoms with Gasteiger partial charge in [-0.3, -0.25) is 9.97 Å². The molecule has 0 spiro atoms.